The molecule has 3 heterocycles. The summed E-state index contributed by atoms with van der Waals surface area (Å²) in [6.07, 6.45) is 3.70. The summed E-state index contributed by atoms with van der Waals surface area (Å²) in [5.74, 6) is 0.0474. The van der Waals surface area contributed by atoms with Gasteiger partial charge in [0.1, 0.15) is 11.0 Å². The van der Waals surface area contributed by atoms with Crippen LogP contribution in [0.15, 0.2) is 17.9 Å². The monoisotopic (exact) mass is 306 g/mol. The van der Waals surface area contributed by atoms with Crippen molar-refractivity contribution in [3.8, 4) is 0 Å². The Labute approximate surface area is 127 Å². The number of aryl methyl sites for hydroxylation is 2. The van der Waals surface area contributed by atoms with Crippen molar-refractivity contribution in [3.05, 3.63) is 34.0 Å². The zero-order valence-electron chi connectivity index (χ0n) is 12.2. The zero-order valence-corrected chi connectivity index (χ0v) is 13.0. The van der Waals surface area contributed by atoms with Crippen molar-refractivity contribution in [3.63, 3.8) is 0 Å². The van der Waals surface area contributed by atoms with Crippen molar-refractivity contribution < 1.29 is 9.53 Å². The van der Waals surface area contributed by atoms with Crippen LogP contribution in [0.2, 0.25) is 0 Å². The topological polar surface area (TPSA) is 60.2 Å². The Bertz CT molecular complexity index is 636. The van der Waals surface area contributed by atoms with Gasteiger partial charge in [-0.05, 0) is 13.8 Å². The van der Waals surface area contributed by atoms with E-state index in [9.17, 15) is 4.79 Å². The fourth-order valence-corrected chi connectivity index (χ4v) is 3.17. The zero-order chi connectivity index (χ0) is 14.8. The number of aromatic nitrogens is 3. The average molecular weight is 306 g/mol. The molecule has 0 spiro atoms. The van der Waals surface area contributed by atoms with Gasteiger partial charge in [-0.1, -0.05) is 0 Å². The molecule has 21 heavy (non-hydrogen) atoms. The quantitative estimate of drug-likeness (QED) is 0.869. The molecule has 0 saturated carbocycles. The molecule has 0 radical (unpaired) electrons. The van der Waals surface area contributed by atoms with Crippen molar-refractivity contribution in [2.45, 2.75) is 26.5 Å². The molecule has 1 aliphatic heterocycles. The van der Waals surface area contributed by atoms with E-state index in [0.29, 0.717) is 19.7 Å². The number of morpholine rings is 1. The van der Waals surface area contributed by atoms with Crippen LogP contribution >= 0.6 is 11.3 Å². The van der Waals surface area contributed by atoms with E-state index in [1.807, 2.05) is 35.8 Å². The van der Waals surface area contributed by atoms with E-state index >= 15 is 0 Å². The summed E-state index contributed by atoms with van der Waals surface area (Å²) in [7, 11) is 0. The molecule has 1 saturated heterocycles. The normalized spacial score (nSPS) is 19.0. The number of rotatable bonds is 3. The average Bonchev–Trinajstić information content (AvgIpc) is 3.15. The van der Waals surface area contributed by atoms with Gasteiger partial charge in [-0.25, -0.2) is 4.98 Å². The highest BCUT2D eigenvalue weighted by molar-refractivity contribution is 7.11. The predicted octanol–water partition coefficient (Wildman–Crippen LogP) is 1.88. The number of carbonyl (C=O) groups is 1. The first-order valence-corrected chi connectivity index (χ1v) is 7.90. The van der Waals surface area contributed by atoms with Crippen LogP contribution in [0.4, 0.5) is 0 Å². The van der Waals surface area contributed by atoms with Crippen LogP contribution in [0.1, 0.15) is 34.0 Å². The third-order valence-corrected chi connectivity index (χ3v) is 4.56. The molecular formula is C14H18N4O2S. The molecule has 0 aliphatic carbocycles. The Balaban J connectivity index is 1.74. The van der Waals surface area contributed by atoms with Crippen molar-refractivity contribution >= 4 is 17.2 Å². The molecule has 0 aromatic carbocycles. The highest BCUT2D eigenvalue weighted by atomic mass is 32.1. The van der Waals surface area contributed by atoms with Gasteiger partial charge in [-0.15, -0.1) is 11.3 Å². The molecule has 2 aromatic heterocycles. The first-order chi connectivity index (χ1) is 10.2. The van der Waals surface area contributed by atoms with E-state index in [2.05, 4.69) is 10.1 Å². The largest absolute Gasteiger partial charge is 0.370 e. The van der Waals surface area contributed by atoms with Crippen LogP contribution in [-0.4, -0.2) is 45.3 Å². The Kier molecular flexibility index (Phi) is 4.03. The minimum atomic E-state index is -0.101. The molecule has 6 nitrogen and oxygen atoms in total. The second-order valence-electron chi connectivity index (χ2n) is 5.01. The minimum absolute atomic E-state index is 0.0474. The van der Waals surface area contributed by atoms with E-state index in [4.69, 9.17) is 4.74 Å². The predicted molar refractivity (Wildman–Crippen MR) is 79.3 cm³/mol. The van der Waals surface area contributed by atoms with Crippen molar-refractivity contribution in [1.29, 1.82) is 0 Å². The van der Waals surface area contributed by atoms with Gasteiger partial charge in [0.05, 0.1) is 30.6 Å². The number of ether oxygens (including phenoxy) is 1. The van der Waals surface area contributed by atoms with Crippen molar-refractivity contribution in [2.24, 2.45) is 0 Å². The second-order valence-corrected chi connectivity index (χ2v) is 5.86. The molecule has 1 amide bonds. The number of hydrogen-bond donors (Lipinski definition) is 0. The summed E-state index contributed by atoms with van der Waals surface area (Å²) in [5.41, 5.74) is 3.54. The molecule has 1 atom stereocenters. The van der Waals surface area contributed by atoms with Gasteiger partial charge < -0.3 is 9.64 Å². The Morgan fingerprint density at radius 1 is 1.57 bits per heavy atom. The van der Waals surface area contributed by atoms with Crippen LogP contribution in [-0.2, 0) is 11.3 Å². The summed E-state index contributed by atoms with van der Waals surface area (Å²) in [5, 5.41) is 4.27. The fraction of sp³-hybridized carbons (Fsp3) is 0.500. The number of amides is 1. The molecule has 0 bridgehead atoms. The van der Waals surface area contributed by atoms with E-state index in [1.54, 1.807) is 5.51 Å². The van der Waals surface area contributed by atoms with Crippen LogP contribution < -0.4 is 0 Å². The second kappa shape index (κ2) is 5.95. The molecule has 112 valence electrons. The first kappa shape index (κ1) is 14.2. The van der Waals surface area contributed by atoms with E-state index in [-0.39, 0.29) is 12.0 Å². The Morgan fingerprint density at radius 3 is 3.10 bits per heavy atom. The van der Waals surface area contributed by atoms with Gasteiger partial charge in [0.25, 0.3) is 5.91 Å². The van der Waals surface area contributed by atoms with Crippen LogP contribution in [0.5, 0.6) is 0 Å². The van der Waals surface area contributed by atoms with Gasteiger partial charge in [0.15, 0.2) is 0 Å². The summed E-state index contributed by atoms with van der Waals surface area (Å²) < 4.78 is 7.66. The standard InChI is InChI=1S/C14H18N4O2S/c1-3-18-7-11(6-16-18)12-8-17(4-5-20-12)14(19)13-10(2)15-9-21-13/h6-7,9,12H,3-5,8H2,1-2H3. The summed E-state index contributed by atoms with van der Waals surface area (Å²) in [4.78, 5) is 19.3. The van der Waals surface area contributed by atoms with Crippen LogP contribution in [0, 0.1) is 6.92 Å². The van der Waals surface area contributed by atoms with E-state index in [0.717, 1.165) is 22.7 Å². The van der Waals surface area contributed by atoms with E-state index < -0.39 is 0 Å². The lowest BCUT2D eigenvalue weighted by Gasteiger charge is -2.32. The molecule has 2 aromatic rings. The van der Waals surface area contributed by atoms with Gasteiger partial charge in [0.2, 0.25) is 0 Å². The van der Waals surface area contributed by atoms with Gasteiger partial charge >= 0.3 is 0 Å². The lowest BCUT2D eigenvalue weighted by Crippen LogP contribution is -2.42. The van der Waals surface area contributed by atoms with Gasteiger partial charge in [0, 0.05) is 24.8 Å². The van der Waals surface area contributed by atoms with Crippen molar-refractivity contribution in [1.82, 2.24) is 19.7 Å². The minimum Gasteiger partial charge on any atom is -0.370 e. The lowest BCUT2D eigenvalue weighted by atomic mass is 10.1. The Hall–Kier alpha value is -1.73. The third kappa shape index (κ3) is 2.84. The molecule has 1 aliphatic rings. The number of carbonyl (C=O) groups excluding carboxylic acids is 1. The smallest absolute Gasteiger partial charge is 0.266 e. The van der Waals surface area contributed by atoms with Gasteiger partial charge in [-0.2, -0.15) is 5.10 Å². The third-order valence-electron chi connectivity index (χ3n) is 3.64. The lowest BCUT2D eigenvalue weighted by molar-refractivity contribution is -0.0227. The van der Waals surface area contributed by atoms with Crippen LogP contribution in [0.3, 0.4) is 0 Å². The van der Waals surface area contributed by atoms with Crippen molar-refractivity contribution in [2.75, 3.05) is 19.7 Å². The molecule has 1 unspecified atom stereocenters. The molecule has 7 heteroatoms. The van der Waals surface area contributed by atoms with Crippen LogP contribution in [0.25, 0.3) is 0 Å². The summed E-state index contributed by atoms with van der Waals surface area (Å²) >= 11 is 1.40. The highest BCUT2D eigenvalue weighted by Crippen LogP contribution is 2.24. The molecule has 3 rings (SSSR count). The SMILES string of the molecule is CCn1cc(C2CN(C(=O)c3scnc3C)CCO2)cn1. The molecular weight excluding hydrogens is 288 g/mol. The molecule has 1 fully saturated rings. The van der Waals surface area contributed by atoms with E-state index in [1.165, 1.54) is 11.3 Å². The first-order valence-electron chi connectivity index (χ1n) is 7.02. The Morgan fingerprint density at radius 2 is 2.43 bits per heavy atom. The fourth-order valence-electron chi connectivity index (χ4n) is 2.40. The maximum absolute atomic E-state index is 12.5. The maximum atomic E-state index is 12.5. The van der Waals surface area contributed by atoms with Gasteiger partial charge in [-0.3, -0.25) is 9.48 Å². The summed E-state index contributed by atoms with van der Waals surface area (Å²) in [6.45, 7) is 6.47. The number of hydrogen-bond acceptors (Lipinski definition) is 5. The highest BCUT2D eigenvalue weighted by Gasteiger charge is 2.28. The summed E-state index contributed by atoms with van der Waals surface area (Å²) in [6, 6.07) is 0. The number of thiazole rings is 1. The number of nitrogens with zero attached hydrogens (tertiary/aromatic N) is 4. The maximum Gasteiger partial charge on any atom is 0.266 e. The molecule has 0 N–H and O–H groups in total.